The lowest BCUT2D eigenvalue weighted by Crippen LogP contribution is -2.23. The van der Waals surface area contributed by atoms with Crippen molar-refractivity contribution < 1.29 is 0 Å². The number of rotatable bonds is 3. The third-order valence-electron chi connectivity index (χ3n) is 5.40. The van der Waals surface area contributed by atoms with E-state index in [1.165, 1.54) is 0 Å². The molecule has 0 aliphatic carbocycles. The number of hydrogen-bond donors (Lipinski definition) is 0. The van der Waals surface area contributed by atoms with Crippen molar-refractivity contribution in [3.8, 4) is 5.69 Å². The normalized spacial score (nSPS) is 12.8. The van der Waals surface area contributed by atoms with Crippen LogP contribution in [0.4, 0.5) is 0 Å². The van der Waals surface area contributed by atoms with Gasteiger partial charge in [0, 0.05) is 11.1 Å². The molecule has 3 aromatic heterocycles. The van der Waals surface area contributed by atoms with Crippen molar-refractivity contribution in [1.29, 1.82) is 0 Å². The lowest BCUT2D eigenvalue weighted by molar-refractivity contribution is 0.510. The molecule has 8 heteroatoms. The van der Waals surface area contributed by atoms with E-state index < -0.39 is 0 Å². The zero-order valence-electron chi connectivity index (χ0n) is 16.3. The van der Waals surface area contributed by atoms with Gasteiger partial charge in [0.2, 0.25) is 0 Å². The van der Waals surface area contributed by atoms with E-state index >= 15 is 0 Å². The quantitative estimate of drug-likeness (QED) is 0.370. The summed E-state index contributed by atoms with van der Waals surface area (Å²) in [4.78, 5) is 27.7. The number of halogens is 2. The number of nitrogens with zero attached hydrogens (tertiary/aromatic N) is 5. The van der Waals surface area contributed by atoms with Gasteiger partial charge in [-0.2, -0.15) is 0 Å². The monoisotopic (exact) mass is 437 g/mol. The van der Waals surface area contributed by atoms with Crippen LogP contribution in [0.3, 0.4) is 0 Å². The minimum atomic E-state index is -0.152. The fourth-order valence-corrected chi connectivity index (χ4v) is 4.01. The maximum Gasteiger partial charge on any atom is 0.265 e. The maximum atomic E-state index is 13.5. The standard InChI is InChI=1S/C22H17Cl2N5O/c1-3-12(2)28-11-25-20-18(22(28)30)19-21(27-16-7-5-4-6-15(16)26-19)29(20)17-10-13(23)8-9-14(17)24/h4-12H,3H2,1-2H3. The van der Waals surface area contributed by atoms with Crippen molar-refractivity contribution in [1.82, 2.24) is 24.1 Å². The molecule has 1 atom stereocenters. The smallest absolute Gasteiger partial charge is 0.265 e. The lowest BCUT2D eigenvalue weighted by Gasteiger charge is -2.12. The van der Waals surface area contributed by atoms with Crippen molar-refractivity contribution in [3.63, 3.8) is 0 Å². The average Bonchev–Trinajstić information content (AvgIpc) is 3.07. The zero-order chi connectivity index (χ0) is 21.0. The van der Waals surface area contributed by atoms with Gasteiger partial charge in [0.05, 0.1) is 21.7 Å². The molecule has 0 saturated carbocycles. The second-order valence-corrected chi connectivity index (χ2v) is 8.07. The fourth-order valence-electron chi connectivity index (χ4n) is 3.65. The van der Waals surface area contributed by atoms with Gasteiger partial charge < -0.3 is 0 Å². The molecule has 0 fully saturated rings. The van der Waals surface area contributed by atoms with Crippen LogP contribution in [0, 0.1) is 0 Å². The number of fused-ring (bicyclic) bond motifs is 4. The average molecular weight is 438 g/mol. The summed E-state index contributed by atoms with van der Waals surface area (Å²) in [5, 5.41) is 1.41. The Bertz CT molecular complexity index is 1510. The van der Waals surface area contributed by atoms with Crippen LogP contribution < -0.4 is 5.56 Å². The predicted octanol–water partition coefficient (Wildman–Crippen LogP) is 5.56. The highest BCUT2D eigenvalue weighted by Gasteiger charge is 2.23. The molecule has 0 aliphatic heterocycles. The number of hydrogen-bond acceptors (Lipinski definition) is 4. The molecular weight excluding hydrogens is 421 g/mol. The van der Waals surface area contributed by atoms with Gasteiger partial charge in [0.25, 0.3) is 5.56 Å². The van der Waals surface area contributed by atoms with Gasteiger partial charge in [0.1, 0.15) is 17.2 Å². The van der Waals surface area contributed by atoms with Crippen LogP contribution in [0.2, 0.25) is 10.0 Å². The van der Waals surface area contributed by atoms with Crippen LogP contribution >= 0.6 is 23.2 Å². The minimum Gasteiger partial charge on any atom is -0.296 e. The van der Waals surface area contributed by atoms with Gasteiger partial charge >= 0.3 is 0 Å². The number of benzene rings is 2. The number of para-hydroxylation sites is 2. The summed E-state index contributed by atoms with van der Waals surface area (Å²) in [7, 11) is 0. The van der Waals surface area contributed by atoms with Crippen molar-refractivity contribution in [2.45, 2.75) is 26.3 Å². The largest absolute Gasteiger partial charge is 0.296 e. The molecule has 3 heterocycles. The first-order valence-electron chi connectivity index (χ1n) is 9.63. The Balaban J connectivity index is 2.02. The Kier molecular flexibility index (Phi) is 4.49. The molecule has 0 radical (unpaired) electrons. The summed E-state index contributed by atoms with van der Waals surface area (Å²) in [6, 6.07) is 12.7. The Morgan fingerprint density at radius 1 is 1.03 bits per heavy atom. The molecule has 0 spiro atoms. The summed E-state index contributed by atoms with van der Waals surface area (Å²) < 4.78 is 3.41. The van der Waals surface area contributed by atoms with Gasteiger partial charge in [-0.25, -0.2) is 15.0 Å². The Labute approximate surface area is 181 Å². The first-order chi connectivity index (χ1) is 14.5. The second kappa shape index (κ2) is 7.07. The summed E-state index contributed by atoms with van der Waals surface area (Å²) >= 11 is 12.8. The highest BCUT2D eigenvalue weighted by atomic mass is 35.5. The first kappa shape index (κ1) is 19.0. The van der Waals surface area contributed by atoms with Crippen LogP contribution in [0.25, 0.3) is 38.9 Å². The van der Waals surface area contributed by atoms with E-state index in [0.717, 1.165) is 11.9 Å². The third-order valence-corrected chi connectivity index (χ3v) is 5.96. The molecule has 0 bridgehead atoms. The van der Waals surface area contributed by atoms with Crippen molar-refractivity contribution >= 4 is 56.4 Å². The summed E-state index contributed by atoms with van der Waals surface area (Å²) in [6.45, 7) is 4.02. The first-order valence-corrected chi connectivity index (χ1v) is 10.4. The molecule has 6 nitrogen and oxygen atoms in total. The van der Waals surface area contributed by atoms with Crippen LogP contribution in [0.15, 0.2) is 53.6 Å². The van der Waals surface area contributed by atoms with Crippen LogP contribution in [-0.4, -0.2) is 24.1 Å². The van der Waals surface area contributed by atoms with Crippen molar-refractivity contribution in [2.24, 2.45) is 0 Å². The van der Waals surface area contributed by atoms with E-state index in [1.807, 2.05) is 38.1 Å². The molecular formula is C22H17Cl2N5O. The third kappa shape index (κ3) is 2.79. The van der Waals surface area contributed by atoms with E-state index in [4.69, 9.17) is 33.2 Å². The zero-order valence-corrected chi connectivity index (χ0v) is 17.8. The number of aromatic nitrogens is 5. The van der Waals surface area contributed by atoms with Gasteiger partial charge in [0.15, 0.2) is 11.3 Å². The van der Waals surface area contributed by atoms with Gasteiger partial charge in [-0.05, 0) is 43.7 Å². The SMILES string of the molecule is CCC(C)n1cnc2c(c1=O)c1nc3ccccc3nc1n2-c1cc(Cl)ccc1Cl. The molecule has 0 saturated heterocycles. The summed E-state index contributed by atoms with van der Waals surface area (Å²) in [5.41, 5.74) is 3.33. The minimum absolute atomic E-state index is 0.0102. The fraction of sp³-hybridized carbons (Fsp3) is 0.182. The van der Waals surface area contributed by atoms with E-state index in [9.17, 15) is 4.79 Å². The summed E-state index contributed by atoms with van der Waals surface area (Å²) in [5.74, 6) is 0. The second-order valence-electron chi connectivity index (χ2n) is 7.23. The molecule has 1 unspecified atom stereocenters. The molecule has 2 aromatic carbocycles. The highest BCUT2D eigenvalue weighted by molar-refractivity contribution is 6.34. The molecule has 5 aromatic rings. The lowest BCUT2D eigenvalue weighted by atomic mass is 10.2. The Morgan fingerprint density at radius 2 is 1.77 bits per heavy atom. The summed E-state index contributed by atoms with van der Waals surface area (Å²) in [6.07, 6.45) is 2.38. The van der Waals surface area contributed by atoms with Crippen molar-refractivity contribution in [3.05, 3.63) is 69.2 Å². The molecule has 0 aliphatic rings. The van der Waals surface area contributed by atoms with Gasteiger partial charge in [-0.1, -0.05) is 42.3 Å². The van der Waals surface area contributed by atoms with Gasteiger partial charge in [-0.3, -0.25) is 13.9 Å². The van der Waals surface area contributed by atoms with Crippen LogP contribution in [0.1, 0.15) is 26.3 Å². The molecule has 30 heavy (non-hydrogen) atoms. The Hall–Kier alpha value is -2.96. The van der Waals surface area contributed by atoms with E-state index in [0.29, 0.717) is 43.4 Å². The molecule has 0 amide bonds. The van der Waals surface area contributed by atoms with E-state index in [2.05, 4.69) is 4.98 Å². The Morgan fingerprint density at radius 3 is 2.50 bits per heavy atom. The maximum absolute atomic E-state index is 13.5. The van der Waals surface area contributed by atoms with Gasteiger partial charge in [-0.15, -0.1) is 0 Å². The van der Waals surface area contributed by atoms with E-state index in [1.54, 1.807) is 33.7 Å². The molecule has 0 N–H and O–H groups in total. The highest BCUT2D eigenvalue weighted by Crippen LogP contribution is 2.33. The molecule has 5 rings (SSSR count). The van der Waals surface area contributed by atoms with E-state index in [-0.39, 0.29) is 11.6 Å². The van der Waals surface area contributed by atoms with Crippen LogP contribution in [-0.2, 0) is 0 Å². The van der Waals surface area contributed by atoms with Crippen LogP contribution in [0.5, 0.6) is 0 Å². The predicted molar refractivity (Wildman–Crippen MR) is 121 cm³/mol. The van der Waals surface area contributed by atoms with Crippen molar-refractivity contribution in [2.75, 3.05) is 0 Å². The molecule has 150 valence electrons. The topological polar surface area (TPSA) is 65.6 Å².